The van der Waals surface area contributed by atoms with Crippen LogP contribution in [0.15, 0.2) is 42.5 Å². The highest BCUT2D eigenvalue weighted by Crippen LogP contribution is 2.28. The van der Waals surface area contributed by atoms with Crippen molar-refractivity contribution in [3.05, 3.63) is 53.8 Å². The van der Waals surface area contributed by atoms with Crippen LogP contribution in [0.1, 0.15) is 24.8 Å². The number of alkyl halides is 3. The first-order valence-electron chi connectivity index (χ1n) is 10.5. The quantitative estimate of drug-likeness (QED) is 0.611. The van der Waals surface area contributed by atoms with E-state index in [1.165, 1.54) is 24.3 Å². The number of para-hydroxylation sites is 1. The molecule has 1 N–H and O–H groups in total. The maximum atomic E-state index is 14.7. The predicted molar refractivity (Wildman–Crippen MR) is 115 cm³/mol. The second-order valence-electron chi connectivity index (χ2n) is 8.05. The third-order valence-corrected chi connectivity index (χ3v) is 5.59. The van der Waals surface area contributed by atoms with Crippen molar-refractivity contribution >= 4 is 17.3 Å². The van der Waals surface area contributed by atoms with Gasteiger partial charge in [0.15, 0.2) is 0 Å². The van der Waals surface area contributed by atoms with Crippen LogP contribution < -0.4 is 15.0 Å². The van der Waals surface area contributed by atoms with Gasteiger partial charge in [0.1, 0.15) is 11.6 Å². The van der Waals surface area contributed by atoms with Crippen molar-refractivity contribution in [3.8, 4) is 5.75 Å². The number of hydrogen-bond donors (Lipinski definition) is 1. The lowest BCUT2D eigenvalue weighted by Crippen LogP contribution is -2.42. The number of ether oxygens (including phenoxy) is 1. The number of nitrogens with one attached hydrogen (secondary N) is 1. The minimum absolute atomic E-state index is 0.0550. The lowest BCUT2D eigenvalue weighted by Gasteiger charge is -2.36. The van der Waals surface area contributed by atoms with Gasteiger partial charge < -0.3 is 19.9 Å². The Morgan fingerprint density at radius 3 is 2.47 bits per heavy atom. The van der Waals surface area contributed by atoms with E-state index in [0.29, 0.717) is 17.4 Å². The van der Waals surface area contributed by atoms with Crippen LogP contribution in [-0.2, 0) is 11.2 Å². The Morgan fingerprint density at radius 2 is 1.84 bits per heavy atom. The molecule has 0 radical (unpaired) electrons. The fraction of sp³-hybridized carbons (Fsp3) is 0.435. The first-order chi connectivity index (χ1) is 15.1. The maximum Gasteiger partial charge on any atom is 0.573 e. The molecule has 9 heteroatoms. The molecule has 1 aliphatic heterocycles. The van der Waals surface area contributed by atoms with E-state index in [1.54, 1.807) is 18.2 Å². The molecule has 0 atom stereocenters. The molecule has 1 aliphatic rings. The summed E-state index contributed by atoms with van der Waals surface area (Å²) in [6.45, 7) is 1.51. The molecule has 1 saturated heterocycles. The molecular weight excluding hydrogens is 426 g/mol. The molecule has 1 fully saturated rings. The fourth-order valence-corrected chi connectivity index (χ4v) is 3.87. The second kappa shape index (κ2) is 10.2. The summed E-state index contributed by atoms with van der Waals surface area (Å²) in [6, 6.07) is 10.7. The molecule has 0 spiro atoms. The van der Waals surface area contributed by atoms with Crippen molar-refractivity contribution in [2.75, 3.05) is 37.4 Å². The lowest BCUT2D eigenvalue weighted by atomic mass is 10.0. The number of piperidine rings is 1. The summed E-state index contributed by atoms with van der Waals surface area (Å²) in [4.78, 5) is 16.4. The zero-order valence-electron chi connectivity index (χ0n) is 18.1. The van der Waals surface area contributed by atoms with E-state index in [0.717, 1.165) is 25.9 Å². The van der Waals surface area contributed by atoms with Gasteiger partial charge >= 0.3 is 6.36 Å². The molecule has 1 heterocycles. The number of carbonyl (C=O) groups is 1. The molecule has 1 amide bonds. The molecule has 0 unspecified atom stereocenters. The van der Waals surface area contributed by atoms with Crippen LogP contribution in [-0.4, -0.2) is 50.4 Å². The van der Waals surface area contributed by atoms with Crippen LogP contribution in [0.4, 0.5) is 28.9 Å². The highest BCUT2D eigenvalue weighted by molar-refractivity contribution is 5.91. The highest BCUT2D eigenvalue weighted by atomic mass is 19.4. The maximum absolute atomic E-state index is 14.7. The summed E-state index contributed by atoms with van der Waals surface area (Å²) in [6.07, 6.45) is -2.92. The molecular formula is C23H27F4N3O2. The van der Waals surface area contributed by atoms with E-state index in [1.807, 2.05) is 19.0 Å². The van der Waals surface area contributed by atoms with Gasteiger partial charge in [-0.15, -0.1) is 13.2 Å². The topological polar surface area (TPSA) is 44.8 Å². The van der Waals surface area contributed by atoms with Crippen molar-refractivity contribution < 1.29 is 27.1 Å². The van der Waals surface area contributed by atoms with Crippen molar-refractivity contribution in [2.24, 2.45) is 0 Å². The Morgan fingerprint density at radius 1 is 1.16 bits per heavy atom. The molecule has 174 valence electrons. The number of nitrogens with zero attached hydrogens (tertiary/aromatic N) is 2. The van der Waals surface area contributed by atoms with Gasteiger partial charge in [-0.25, -0.2) is 4.39 Å². The summed E-state index contributed by atoms with van der Waals surface area (Å²) in [7, 11) is 4.08. The molecule has 2 aromatic rings. The Balaban J connectivity index is 1.56. The van der Waals surface area contributed by atoms with Gasteiger partial charge in [-0.05, 0) is 63.2 Å². The third-order valence-electron chi connectivity index (χ3n) is 5.59. The van der Waals surface area contributed by atoms with Gasteiger partial charge in [-0.1, -0.05) is 18.2 Å². The summed E-state index contributed by atoms with van der Waals surface area (Å²) in [5.74, 6) is -1.18. The molecule has 2 aromatic carbocycles. The second-order valence-corrected chi connectivity index (χ2v) is 8.05. The van der Waals surface area contributed by atoms with Gasteiger partial charge in [0.2, 0.25) is 5.91 Å². The smallest absolute Gasteiger partial charge is 0.406 e. The predicted octanol–water partition coefficient (Wildman–Crippen LogP) is 4.83. The Hall–Kier alpha value is -2.81. The monoisotopic (exact) mass is 453 g/mol. The average Bonchev–Trinajstić information content (AvgIpc) is 2.72. The van der Waals surface area contributed by atoms with E-state index in [4.69, 9.17) is 0 Å². The van der Waals surface area contributed by atoms with E-state index < -0.39 is 18.1 Å². The molecule has 0 aliphatic carbocycles. The van der Waals surface area contributed by atoms with E-state index in [9.17, 15) is 22.4 Å². The number of carbonyl (C=O) groups excluding carboxylic acids is 1. The average molecular weight is 453 g/mol. The number of hydrogen-bond acceptors (Lipinski definition) is 4. The number of amides is 1. The normalized spacial score (nSPS) is 15.2. The number of aryl methyl sites for hydroxylation is 1. The number of anilines is 2. The number of benzene rings is 2. The summed E-state index contributed by atoms with van der Waals surface area (Å²) < 4.78 is 56.3. The highest BCUT2D eigenvalue weighted by Gasteiger charge is 2.32. The Kier molecular flexibility index (Phi) is 7.60. The molecule has 5 nitrogen and oxygen atoms in total. The number of halogens is 4. The summed E-state index contributed by atoms with van der Waals surface area (Å²) >= 11 is 0. The Bertz CT molecular complexity index is 926. The first-order valence-corrected chi connectivity index (χ1v) is 10.5. The molecule has 32 heavy (non-hydrogen) atoms. The number of rotatable bonds is 7. The van der Waals surface area contributed by atoms with Crippen molar-refractivity contribution in [1.82, 2.24) is 4.90 Å². The van der Waals surface area contributed by atoms with Gasteiger partial charge in [0.25, 0.3) is 0 Å². The van der Waals surface area contributed by atoms with E-state index in [2.05, 4.69) is 15.0 Å². The summed E-state index contributed by atoms with van der Waals surface area (Å²) in [5.41, 5.74) is 1.07. The SMILES string of the molecule is CN(C)C1CCN(c2ccc(NC(=O)CCc3ccccc3OC(F)(F)F)cc2F)CC1. The molecule has 3 rings (SSSR count). The Labute approximate surface area is 185 Å². The van der Waals surface area contributed by atoms with Crippen molar-refractivity contribution in [1.29, 1.82) is 0 Å². The van der Waals surface area contributed by atoms with Gasteiger partial charge in [-0.3, -0.25) is 4.79 Å². The van der Waals surface area contributed by atoms with Gasteiger partial charge in [0.05, 0.1) is 5.69 Å². The fourth-order valence-electron chi connectivity index (χ4n) is 3.87. The lowest BCUT2D eigenvalue weighted by molar-refractivity contribution is -0.274. The molecule has 0 saturated carbocycles. The van der Waals surface area contributed by atoms with Crippen LogP contribution in [0.2, 0.25) is 0 Å². The standard InChI is InChI=1S/C23H27F4N3O2/c1-29(2)18-11-13-30(14-12-18)20-9-8-17(15-19(20)24)28-22(31)10-7-16-5-3-4-6-21(16)32-23(25,26)27/h3-6,8-9,15,18H,7,10-14H2,1-2H3,(H,28,31). The van der Waals surface area contributed by atoms with Crippen molar-refractivity contribution in [2.45, 2.75) is 38.1 Å². The molecule has 0 aromatic heterocycles. The zero-order valence-corrected chi connectivity index (χ0v) is 18.1. The van der Waals surface area contributed by atoms with Crippen LogP contribution in [0, 0.1) is 5.82 Å². The minimum Gasteiger partial charge on any atom is -0.406 e. The van der Waals surface area contributed by atoms with Crippen LogP contribution in [0.5, 0.6) is 5.75 Å². The van der Waals surface area contributed by atoms with Crippen LogP contribution >= 0.6 is 0 Å². The van der Waals surface area contributed by atoms with E-state index >= 15 is 0 Å². The third kappa shape index (κ3) is 6.59. The minimum atomic E-state index is -4.81. The summed E-state index contributed by atoms with van der Waals surface area (Å²) in [5, 5.41) is 2.61. The first kappa shape index (κ1) is 23.8. The van der Waals surface area contributed by atoms with Crippen LogP contribution in [0.3, 0.4) is 0 Å². The van der Waals surface area contributed by atoms with Gasteiger partial charge in [0, 0.05) is 31.2 Å². The molecule has 0 bridgehead atoms. The van der Waals surface area contributed by atoms with Crippen LogP contribution in [0.25, 0.3) is 0 Å². The van der Waals surface area contributed by atoms with Crippen molar-refractivity contribution in [3.63, 3.8) is 0 Å². The zero-order chi connectivity index (χ0) is 23.3. The van der Waals surface area contributed by atoms with E-state index in [-0.39, 0.29) is 24.2 Å². The van der Waals surface area contributed by atoms with Gasteiger partial charge in [-0.2, -0.15) is 0 Å². The largest absolute Gasteiger partial charge is 0.573 e.